The van der Waals surface area contributed by atoms with Crippen LogP contribution in [-0.2, 0) is 53.6 Å². The number of imidazole rings is 1. The molecule has 0 atom stereocenters. The Hall–Kier alpha value is -5.55. The fraction of sp³-hybridized carbons (Fsp3) is 0.0750. The molecular formula is C40H31BrCl2N6O10S4. The van der Waals surface area contributed by atoms with E-state index >= 15 is 0 Å². The van der Waals surface area contributed by atoms with Crippen LogP contribution in [0.25, 0.3) is 21.9 Å². The van der Waals surface area contributed by atoms with Crippen LogP contribution < -0.4 is 18.9 Å². The number of sulfonamides is 4. The second-order valence-corrected chi connectivity index (χ2v) is 22.2. The summed E-state index contributed by atoms with van der Waals surface area (Å²) in [5, 5.41) is -0.393. The van der Waals surface area contributed by atoms with E-state index in [-0.39, 0.29) is 61.1 Å². The zero-order valence-corrected chi connectivity index (χ0v) is 38.8. The Labute approximate surface area is 379 Å². The Kier molecular flexibility index (Phi) is 11.6. The third-order valence-electron chi connectivity index (χ3n) is 9.51. The predicted molar refractivity (Wildman–Crippen MR) is 243 cm³/mol. The predicted octanol–water partition coefficient (Wildman–Crippen LogP) is 9.08. The molecule has 8 rings (SSSR count). The number of fused-ring (bicyclic) bond motifs is 2. The van der Waals surface area contributed by atoms with E-state index in [0.29, 0.717) is 26.4 Å². The number of aryl methyl sites for hydroxylation is 2. The highest BCUT2D eigenvalue weighted by Crippen LogP contribution is 2.36. The number of furan rings is 2. The van der Waals surface area contributed by atoms with Crippen molar-refractivity contribution in [2.45, 2.75) is 33.5 Å². The number of rotatable bonds is 14. The first kappa shape index (κ1) is 44.1. The van der Waals surface area contributed by atoms with Crippen LogP contribution in [0.2, 0.25) is 10.0 Å². The van der Waals surface area contributed by atoms with Gasteiger partial charge in [0.05, 0.1) is 27.6 Å². The first-order valence-electron chi connectivity index (χ1n) is 18.2. The standard InChI is InChI=1S/C40H31BrCl2N6O10S4/c1-23-17-27(13-14-30(23)41)60(50,51)45-31-15-11-26(43)20-34(31)48-63(56,57)40-29(28-8-4-6-10-36(28)59-40)21-37-44-38(22-49(37)2)61(52,53)46-32-16-12-25(42)19-33(32)47-62(54,55)39-18-24-7-3-5-9-35(24)58-39/h3-20,22,45-48H,21H2,1-2H3. The second kappa shape index (κ2) is 16.5. The zero-order valence-electron chi connectivity index (χ0n) is 32.4. The SMILES string of the molecule is Cc1cc(S(=O)(=O)Nc2ccc(Cl)cc2NS(=O)(=O)c2oc3ccccc3c2Cc2nc(S(=O)(=O)Nc3ccc(Cl)cc3NS(=O)(=O)c3cc4ccccc4o3)cn2C)ccc1Br. The summed E-state index contributed by atoms with van der Waals surface area (Å²) in [5.41, 5.74) is 0.479. The van der Waals surface area contributed by atoms with Gasteiger partial charge in [-0.2, -0.15) is 25.3 Å². The van der Waals surface area contributed by atoms with Crippen molar-refractivity contribution in [2.24, 2.45) is 7.05 Å². The third-order valence-corrected chi connectivity index (χ3v) is 16.0. The van der Waals surface area contributed by atoms with E-state index in [1.54, 1.807) is 61.5 Å². The molecule has 16 nitrogen and oxygen atoms in total. The van der Waals surface area contributed by atoms with Gasteiger partial charge in [-0.15, -0.1) is 0 Å². The van der Waals surface area contributed by atoms with Gasteiger partial charge in [-0.05, 0) is 79.2 Å². The molecule has 0 spiro atoms. The van der Waals surface area contributed by atoms with Crippen molar-refractivity contribution in [1.29, 1.82) is 0 Å². The van der Waals surface area contributed by atoms with E-state index in [9.17, 15) is 33.7 Å². The first-order valence-corrected chi connectivity index (χ1v) is 25.6. The van der Waals surface area contributed by atoms with Gasteiger partial charge < -0.3 is 13.4 Å². The van der Waals surface area contributed by atoms with Crippen LogP contribution in [-0.4, -0.2) is 43.2 Å². The molecule has 0 unspecified atom stereocenters. The maximum absolute atomic E-state index is 14.3. The van der Waals surface area contributed by atoms with Gasteiger partial charge in [0.2, 0.25) is 10.2 Å². The Morgan fingerprint density at radius 3 is 1.87 bits per heavy atom. The summed E-state index contributed by atoms with van der Waals surface area (Å²) in [6.07, 6.45) is 0.915. The van der Waals surface area contributed by atoms with Gasteiger partial charge >= 0.3 is 0 Å². The lowest BCUT2D eigenvalue weighted by Gasteiger charge is -2.15. The van der Waals surface area contributed by atoms with E-state index in [0.717, 1.165) is 0 Å². The molecule has 0 saturated heterocycles. The van der Waals surface area contributed by atoms with Gasteiger partial charge in [0.1, 0.15) is 17.0 Å². The maximum Gasteiger partial charge on any atom is 0.295 e. The van der Waals surface area contributed by atoms with Crippen LogP contribution >= 0.6 is 39.1 Å². The second-order valence-electron chi connectivity index (χ2n) is 14.0. The summed E-state index contributed by atoms with van der Waals surface area (Å²) in [6, 6.07) is 26.6. The quantitative estimate of drug-likeness (QED) is 0.0803. The summed E-state index contributed by atoms with van der Waals surface area (Å²) < 4.78 is 133. The molecule has 5 aromatic carbocycles. The number of nitrogens with zero attached hydrogens (tertiary/aromatic N) is 2. The number of anilines is 4. The van der Waals surface area contributed by atoms with Gasteiger partial charge in [0.15, 0.2) is 5.03 Å². The van der Waals surface area contributed by atoms with E-state index in [2.05, 4.69) is 39.8 Å². The largest absolute Gasteiger partial charge is 0.443 e. The van der Waals surface area contributed by atoms with Crippen molar-refractivity contribution in [1.82, 2.24) is 9.55 Å². The average molecular weight is 1030 g/mol. The number of benzene rings is 5. The highest BCUT2D eigenvalue weighted by atomic mass is 79.9. The molecule has 3 heterocycles. The van der Waals surface area contributed by atoms with Gasteiger partial charge in [0.25, 0.3) is 40.1 Å². The van der Waals surface area contributed by atoms with Crippen LogP contribution in [0.4, 0.5) is 22.7 Å². The first-order chi connectivity index (χ1) is 29.7. The highest BCUT2D eigenvalue weighted by molar-refractivity contribution is 9.10. The van der Waals surface area contributed by atoms with E-state index in [1.165, 1.54) is 72.4 Å². The summed E-state index contributed by atoms with van der Waals surface area (Å²) in [5.74, 6) is 0.0845. The van der Waals surface area contributed by atoms with E-state index in [1.807, 2.05) is 0 Å². The minimum absolute atomic E-state index is 0.0738. The van der Waals surface area contributed by atoms with E-state index in [4.69, 9.17) is 32.0 Å². The fourth-order valence-corrected chi connectivity index (χ4v) is 11.6. The fourth-order valence-electron chi connectivity index (χ4n) is 6.43. The molecule has 0 aliphatic carbocycles. The van der Waals surface area contributed by atoms with Crippen molar-refractivity contribution in [3.05, 3.63) is 147 Å². The third kappa shape index (κ3) is 9.12. The smallest absolute Gasteiger partial charge is 0.295 e. The number of nitrogens with one attached hydrogen (secondary N) is 4. The summed E-state index contributed by atoms with van der Waals surface area (Å²) in [6.45, 7) is 1.72. The van der Waals surface area contributed by atoms with Crippen LogP contribution in [0, 0.1) is 6.92 Å². The average Bonchev–Trinajstić information content (AvgIpc) is 3.94. The normalized spacial score (nSPS) is 12.5. The Balaban J connectivity index is 1.09. The molecule has 63 heavy (non-hydrogen) atoms. The van der Waals surface area contributed by atoms with Crippen LogP contribution in [0.1, 0.15) is 17.0 Å². The van der Waals surface area contributed by atoms with Crippen molar-refractivity contribution in [3.8, 4) is 0 Å². The topological polar surface area (TPSA) is 229 Å². The number of hydrogen-bond donors (Lipinski definition) is 4. The lowest BCUT2D eigenvalue weighted by Crippen LogP contribution is -2.18. The molecule has 4 N–H and O–H groups in total. The van der Waals surface area contributed by atoms with Crippen LogP contribution in [0.3, 0.4) is 0 Å². The van der Waals surface area contributed by atoms with Crippen molar-refractivity contribution in [3.63, 3.8) is 0 Å². The number of halogens is 3. The molecule has 0 aliphatic heterocycles. The molecule has 326 valence electrons. The van der Waals surface area contributed by atoms with Crippen molar-refractivity contribution >= 4 is 124 Å². The molecule has 0 aliphatic rings. The van der Waals surface area contributed by atoms with Crippen molar-refractivity contribution in [2.75, 3.05) is 18.9 Å². The molecule has 23 heteroatoms. The maximum atomic E-state index is 14.3. The van der Waals surface area contributed by atoms with Crippen molar-refractivity contribution < 1.29 is 42.5 Å². The number of hydrogen-bond acceptors (Lipinski definition) is 11. The van der Waals surface area contributed by atoms with Crippen LogP contribution in [0.15, 0.2) is 149 Å². The Morgan fingerprint density at radius 1 is 0.635 bits per heavy atom. The van der Waals surface area contributed by atoms with E-state index < -0.39 is 55.3 Å². The molecular weight excluding hydrogens is 1000 g/mol. The monoisotopic (exact) mass is 1030 g/mol. The molecule has 0 amide bonds. The lowest BCUT2D eigenvalue weighted by molar-refractivity contribution is 0.477. The zero-order chi connectivity index (χ0) is 45.1. The number of aromatic nitrogens is 2. The number of para-hydroxylation sites is 2. The Morgan fingerprint density at radius 2 is 1.22 bits per heavy atom. The van der Waals surface area contributed by atoms with Gasteiger partial charge in [-0.1, -0.05) is 75.5 Å². The minimum Gasteiger partial charge on any atom is -0.443 e. The molecule has 0 saturated carbocycles. The Bertz CT molecular complexity index is 3560. The van der Waals surface area contributed by atoms with Gasteiger partial charge in [-0.3, -0.25) is 18.9 Å². The molecule has 0 bridgehead atoms. The molecule has 0 radical (unpaired) electrons. The highest BCUT2D eigenvalue weighted by Gasteiger charge is 2.31. The van der Waals surface area contributed by atoms with Gasteiger partial charge in [0, 0.05) is 56.6 Å². The minimum atomic E-state index is -4.68. The summed E-state index contributed by atoms with van der Waals surface area (Å²) in [7, 11) is -16.3. The molecule has 0 fully saturated rings. The summed E-state index contributed by atoms with van der Waals surface area (Å²) >= 11 is 15.8. The lowest BCUT2D eigenvalue weighted by atomic mass is 10.1. The molecule has 8 aromatic rings. The van der Waals surface area contributed by atoms with Crippen LogP contribution in [0.5, 0.6) is 0 Å². The summed E-state index contributed by atoms with van der Waals surface area (Å²) in [4.78, 5) is 4.27. The van der Waals surface area contributed by atoms with Gasteiger partial charge in [-0.25, -0.2) is 13.4 Å². The molecule has 3 aromatic heterocycles.